The van der Waals surface area contributed by atoms with Gasteiger partial charge in [0.05, 0.1) is 24.3 Å². The van der Waals surface area contributed by atoms with E-state index in [4.69, 9.17) is 21.1 Å². The van der Waals surface area contributed by atoms with Gasteiger partial charge >= 0.3 is 0 Å². The van der Waals surface area contributed by atoms with Crippen molar-refractivity contribution in [3.8, 4) is 5.75 Å². The van der Waals surface area contributed by atoms with Crippen molar-refractivity contribution in [3.05, 3.63) is 56.1 Å². The van der Waals surface area contributed by atoms with E-state index in [0.29, 0.717) is 35.2 Å². The van der Waals surface area contributed by atoms with Crippen LogP contribution in [0.4, 0.5) is 5.69 Å². The number of nitrogens with one attached hydrogen (secondary N) is 1. The van der Waals surface area contributed by atoms with Crippen molar-refractivity contribution in [1.29, 1.82) is 0 Å². The Morgan fingerprint density at radius 2 is 2.09 bits per heavy atom. The topological polar surface area (TPSA) is 47.6 Å². The van der Waals surface area contributed by atoms with Crippen LogP contribution in [0.3, 0.4) is 0 Å². The number of ether oxygens (including phenoxy) is 2. The lowest BCUT2D eigenvalue weighted by Crippen LogP contribution is -2.13. The minimum Gasteiger partial charge on any atom is -0.496 e. The lowest BCUT2D eigenvalue weighted by Gasteiger charge is -2.11. The van der Waals surface area contributed by atoms with Crippen LogP contribution in [0.25, 0.3) is 0 Å². The molecule has 0 unspecified atom stereocenters. The highest BCUT2D eigenvalue weighted by molar-refractivity contribution is 14.1. The molecule has 0 bridgehead atoms. The molecule has 0 aliphatic rings. The maximum atomic E-state index is 12.5. The number of carbonyl (C=O) groups is 1. The number of halogens is 2. The predicted octanol–water partition coefficient (Wildman–Crippen LogP) is 4.74. The van der Waals surface area contributed by atoms with Gasteiger partial charge in [-0.05, 0) is 59.3 Å². The first-order chi connectivity index (χ1) is 11.0. The zero-order valence-corrected chi connectivity index (χ0v) is 15.8. The van der Waals surface area contributed by atoms with E-state index in [-0.39, 0.29) is 5.91 Å². The molecule has 23 heavy (non-hydrogen) atoms. The first-order valence-electron chi connectivity index (χ1n) is 7.06. The van der Waals surface area contributed by atoms with E-state index in [0.717, 1.165) is 9.13 Å². The summed E-state index contributed by atoms with van der Waals surface area (Å²) in [5, 5.41) is 3.38. The SMILES string of the molecule is CCOCc1cccc(NC(=O)c2cc(Cl)c(I)cc2OC)c1. The van der Waals surface area contributed by atoms with Gasteiger partial charge in [-0.3, -0.25) is 4.79 Å². The fourth-order valence-corrected chi connectivity index (χ4v) is 2.63. The minimum absolute atomic E-state index is 0.270. The molecule has 0 aliphatic carbocycles. The van der Waals surface area contributed by atoms with Gasteiger partial charge in [0.15, 0.2) is 0 Å². The van der Waals surface area contributed by atoms with E-state index in [9.17, 15) is 4.79 Å². The molecule has 0 atom stereocenters. The van der Waals surface area contributed by atoms with Crippen molar-refractivity contribution in [2.75, 3.05) is 19.0 Å². The smallest absolute Gasteiger partial charge is 0.259 e. The van der Waals surface area contributed by atoms with E-state index < -0.39 is 0 Å². The van der Waals surface area contributed by atoms with Crippen molar-refractivity contribution in [2.24, 2.45) is 0 Å². The largest absolute Gasteiger partial charge is 0.496 e. The molecule has 0 fully saturated rings. The van der Waals surface area contributed by atoms with Crippen LogP contribution in [-0.4, -0.2) is 19.6 Å². The van der Waals surface area contributed by atoms with Crippen LogP contribution < -0.4 is 10.1 Å². The molecule has 0 aromatic heterocycles. The molecule has 0 saturated heterocycles. The number of anilines is 1. The maximum absolute atomic E-state index is 12.5. The number of hydrogen-bond donors (Lipinski definition) is 1. The van der Waals surface area contributed by atoms with Gasteiger partial charge in [0, 0.05) is 15.9 Å². The molecule has 1 N–H and O–H groups in total. The van der Waals surface area contributed by atoms with E-state index in [1.165, 1.54) is 7.11 Å². The summed E-state index contributed by atoms with van der Waals surface area (Å²) in [5.41, 5.74) is 2.09. The predicted molar refractivity (Wildman–Crippen MR) is 100 cm³/mol. The quantitative estimate of drug-likeness (QED) is 0.653. The number of amides is 1. The monoisotopic (exact) mass is 445 g/mol. The summed E-state index contributed by atoms with van der Waals surface area (Å²) in [4.78, 5) is 12.5. The van der Waals surface area contributed by atoms with E-state index in [1.54, 1.807) is 12.1 Å². The van der Waals surface area contributed by atoms with Crippen LogP contribution >= 0.6 is 34.2 Å². The van der Waals surface area contributed by atoms with Crippen molar-refractivity contribution >= 4 is 45.8 Å². The first-order valence-corrected chi connectivity index (χ1v) is 8.52. The third kappa shape index (κ3) is 4.83. The standard InChI is InChI=1S/C17H17ClINO3/c1-3-23-10-11-5-4-6-12(7-11)20-17(21)13-8-14(18)15(19)9-16(13)22-2/h4-9H,3,10H2,1-2H3,(H,20,21). The molecule has 2 aromatic carbocycles. The number of rotatable bonds is 6. The van der Waals surface area contributed by atoms with Gasteiger partial charge in [0.2, 0.25) is 0 Å². The number of hydrogen-bond acceptors (Lipinski definition) is 3. The summed E-state index contributed by atoms with van der Waals surface area (Å²) in [6.07, 6.45) is 0. The van der Waals surface area contributed by atoms with Gasteiger partial charge in [-0.1, -0.05) is 23.7 Å². The molecule has 0 aliphatic heterocycles. The Morgan fingerprint density at radius 3 is 2.78 bits per heavy atom. The maximum Gasteiger partial charge on any atom is 0.259 e. The Hall–Kier alpha value is -1.31. The van der Waals surface area contributed by atoms with Crippen LogP contribution in [0.1, 0.15) is 22.8 Å². The van der Waals surface area contributed by atoms with Crippen LogP contribution in [0.2, 0.25) is 5.02 Å². The summed E-state index contributed by atoms with van der Waals surface area (Å²) >= 11 is 8.21. The van der Waals surface area contributed by atoms with Crippen molar-refractivity contribution in [3.63, 3.8) is 0 Å². The van der Waals surface area contributed by atoms with Gasteiger partial charge in [0.1, 0.15) is 5.75 Å². The number of carbonyl (C=O) groups excluding carboxylic acids is 1. The van der Waals surface area contributed by atoms with Crippen LogP contribution in [0.15, 0.2) is 36.4 Å². The van der Waals surface area contributed by atoms with Crippen LogP contribution in [0.5, 0.6) is 5.75 Å². The molecule has 0 heterocycles. The minimum atomic E-state index is -0.270. The number of methoxy groups -OCH3 is 1. The van der Waals surface area contributed by atoms with Gasteiger partial charge in [-0.25, -0.2) is 0 Å². The highest BCUT2D eigenvalue weighted by Gasteiger charge is 2.15. The molecular weight excluding hydrogens is 429 g/mol. The van der Waals surface area contributed by atoms with E-state index >= 15 is 0 Å². The third-order valence-electron chi connectivity index (χ3n) is 3.14. The lowest BCUT2D eigenvalue weighted by atomic mass is 10.1. The Morgan fingerprint density at radius 1 is 1.30 bits per heavy atom. The second-order valence-electron chi connectivity index (χ2n) is 4.76. The molecule has 0 spiro atoms. The molecule has 2 aromatic rings. The van der Waals surface area contributed by atoms with Gasteiger partial charge in [0.25, 0.3) is 5.91 Å². The normalized spacial score (nSPS) is 10.4. The Balaban J connectivity index is 2.20. The average Bonchev–Trinajstić information content (AvgIpc) is 2.55. The van der Waals surface area contributed by atoms with Crippen molar-refractivity contribution < 1.29 is 14.3 Å². The fraction of sp³-hybridized carbons (Fsp3) is 0.235. The highest BCUT2D eigenvalue weighted by atomic mass is 127. The fourth-order valence-electron chi connectivity index (χ4n) is 2.03. The summed E-state index contributed by atoms with van der Waals surface area (Å²) < 4.78 is 11.5. The molecule has 4 nitrogen and oxygen atoms in total. The molecular formula is C17H17ClINO3. The zero-order chi connectivity index (χ0) is 16.8. The second kappa shape index (κ2) is 8.52. The second-order valence-corrected chi connectivity index (χ2v) is 6.33. The van der Waals surface area contributed by atoms with Gasteiger partial charge < -0.3 is 14.8 Å². The highest BCUT2D eigenvalue weighted by Crippen LogP contribution is 2.29. The Bertz CT molecular complexity index is 706. The third-order valence-corrected chi connectivity index (χ3v) is 4.67. The molecule has 0 radical (unpaired) electrons. The summed E-state index contributed by atoms with van der Waals surface area (Å²) in [5.74, 6) is 0.218. The van der Waals surface area contributed by atoms with Gasteiger partial charge in [-0.15, -0.1) is 0 Å². The first kappa shape index (κ1) is 18.0. The molecule has 122 valence electrons. The molecule has 6 heteroatoms. The lowest BCUT2D eigenvalue weighted by molar-refractivity contribution is 0.102. The molecule has 2 rings (SSSR count). The Labute approximate surface area is 154 Å². The summed E-state index contributed by atoms with van der Waals surface area (Å²) in [6, 6.07) is 10.9. The summed E-state index contributed by atoms with van der Waals surface area (Å²) in [6.45, 7) is 3.10. The van der Waals surface area contributed by atoms with Crippen molar-refractivity contribution in [1.82, 2.24) is 0 Å². The Kier molecular flexibility index (Phi) is 6.68. The number of benzene rings is 2. The van der Waals surface area contributed by atoms with Crippen LogP contribution in [-0.2, 0) is 11.3 Å². The molecule has 0 saturated carbocycles. The average molecular weight is 446 g/mol. The van der Waals surface area contributed by atoms with Crippen LogP contribution in [0, 0.1) is 3.57 Å². The van der Waals surface area contributed by atoms with E-state index in [1.807, 2.05) is 31.2 Å². The summed E-state index contributed by atoms with van der Waals surface area (Å²) in [7, 11) is 1.53. The zero-order valence-electron chi connectivity index (χ0n) is 12.9. The van der Waals surface area contributed by atoms with Crippen molar-refractivity contribution in [2.45, 2.75) is 13.5 Å². The molecule has 1 amide bonds. The van der Waals surface area contributed by atoms with Gasteiger partial charge in [-0.2, -0.15) is 0 Å². The van der Waals surface area contributed by atoms with E-state index in [2.05, 4.69) is 27.9 Å².